The average molecular weight is 1280 g/mol. The SMILES string of the molecule is C/C=C/C[C@@H](C)[C@@H](O)[C@H]1C(=O)N[C@@H](CC)C(=O)N(C)CC(=O)N(C)[C@@H](CC(C)(C)OCSC)C(=O)N[C@@H](C(C)C)C(=O)N(C)[C@@H](CC(C)C)C(=O)N[C@@H](C)C(=O)N[C@H](C)C(=O)N(C)[C@@H](CC(C)C)C(=O)N(C)[C@@H](CC(C)C)C(=O)N(C)[C@@H](C(C)C)C(=O)N1C. The van der Waals surface area contributed by atoms with E-state index in [1.54, 1.807) is 74.5 Å². The normalized spacial score (nSPS) is 26.4. The second kappa shape index (κ2) is 36.9. The molecular formula is C64H115N11O13S. The number of hydrogen-bond acceptors (Lipinski definition) is 14. The highest BCUT2D eigenvalue weighted by Gasteiger charge is 2.46. The van der Waals surface area contributed by atoms with Crippen LogP contribution in [0.2, 0.25) is 0 Å². The Morgan fingerprint density at radius 3 is 1.48 bits per heavy atom. The van der Waals surface area contributed by atoms with Crippen LogP contribution < -0.4 is 21.3 Å². The molecule has 1 rings (SSSR count). The molecule has 510 valence electrons. The quantitative estimate of drug-likeness (QED) is 0.0966. The van der Waals surface area contributed by atoms with Gasteiger partial charge in [-0.15, -0.1) is 11.8 Å². The minimum atomic E-state index is -1.63. The smallest absolute Gasteiger partial charge is 0.246 e. The number of aliphatic hydroxyl groups is 1. The number of carbonyl (C=O) groups excluding carboxylic acids is 11. The molecule has 1 aliphatic rings. The molecule has 89 heavy (non-hydrogen) atoms. The fourth-order valence-corrected chi connectivity index (χ4v) is 11.4. The topological polar surface area (TPSA) is 288 Å². The Hall–Kier alpha value is -5.82. The van der Waals surface area contributed by atoms with Gasteiger partial charge in [0, 0.05) is 55.8 Å². The molecule has 1 heterocycles. The molecule has 5 N–H and O–H groups in total. The van der Waals surface area contributed by atoms with E-state index in [-0.39, 0.29) is 55.8 Å². The summed E-state index contributed by atoms with van der Waals surface area (Å²) in [4.78, 5) is 170. The third-order valence-electron chi connectivity index (χ3n) is 16.6. The maximum atomic E-state index is 15.2. The van der Waals surface area contributed by atoms with Gasteiger partial charge in [-0.3, -0.25) is 52.7 Å². The van der Waals surface area contributed by atoms with Gasteiger partial charge in [0.05, 0.1) is 24.2 Å². The number of nitrogens with one attached hydrogen (secondary N) is 4. The molecule has 0 unspecified atom stereocenters. The molecule has 25 heteroatoms. The third-order valence-corrected chi connectivity index (χ3v) is 17.0. The Labute approximate surface area is 536 Å². The monoisotopic (exact) mass is 1280 g/mol. The van der Waals surface area contributed by atoms with Gasteiger partial charge in [0.2, 0.25) is 65.0 Å². The van der Waals surface area contributed by atoms with Gasteiger partial charge in [-0.05, 0) is 108 Å². The van der Waals surface area contributed by atoms with Gasteiger partial charge in [0.1, 0.15) is 60.4 Å². The fraction of sp³-hybridized carbons (Fsp3) is 0.797. The highest BCUT2D eigenvalue weighted by atomic mass is 32.2. The molecule has 0 aliphatic carbocycles. The Kier molecular flexibility index (Phi) is 33.6. The zero-order valence-electron chi connectivity index (χ0n) is 58.5. The van der Waals surface area contributed by atoms with Crippen LogP contribution in [0.1, 0.15) is 156 Å². The van der Waals surface area contributed by atoms with Crippen LogP contribution >= 0.6 is 11.8 Å². The maximum absolute atomic E-state index is 15.2. The summed E-state index contributed by atoms with van der Waals surface area (Å²) in [5.74, 6) is -9.67. The van der Waals surface area contributed by atoms with Crippen LogP contribution in [-0.2, 0) is 57.5 Å². The van der Waals surface area contributed by atoms with Gasteiger partial charge in [-0.2, -0.15) is 0 Å². The standard InChI is InChI=1S/C64H115N11O13S/c1-26-28-29-41(13)53(77)52-57(81)67-44(27-2)59(83)69(18)34-49(76)70(19)48(33-64(16,17)88-35-89-25)56(80)68-50(39(9)10)62(86)71(20)45(30-36(3)4)55(79)65-42(14)54(78)66-43(15)58(82)72(21)46(31-37(5)6)60(84)73(22)47(32-38(7)8)61(85)74(23)51(40(11)12)63(87)75(52)24/h26,28,36-48,50-53,77H,27,29-35H2,1-25H3,(H,65,79)(H,66,78)(H,67,81)(H,68,80)/b28-26+/t41-,42+,43-,44+,45+,46+,47+,48+,50+,51+,52+,53-/m1/s1. The van der Waals surface area contributed by atoms with Crippen molar-refractivity contribution in [3.8, 4) is 0 Å². The molecule has 0 bridgehead atoms. The molecule has 0 radical (unpaired) electrons. The minimum Gasteiger partial charge on any atom is -0.390 e. The lowest BCUT2D eigenvalue weighted by Gasteiger charge is -2.41. The Morgan fingerprint density at radius 2 is 1.01 bits per heavy atom. The van der Waals surface area contributed by atoms with E-state index >= 15 is 9.59 Å². The van der Waals surface area contributed by atoms with E-state index in [2.05, 4.69) is 21.3 Å². The highest BCUT2D eigenvalue weighted by Crippen LogP contribution is 2.27. The first-order chi connectivity index (χ1) is 41.1. The molecular weight excluding hydrogens is 1160 g/mol. The molecule has 0 aromatic heterocycles. The lowest BCUT2D eigenvalue weighted by molar-refractivity contribution is -0.157. The maximum Gasteiger partial charge on any atom is 0.246 e. The number of likely N-dealkylation sites (N-methyl/N-ethyl adjacent to an activating group) is 7. The third kappa shape index (κ3) is 23.4. The van der Waals surface area contributed by atoms with E-state index in [1.807, 2.05) is 47.8 Å². The van der Waals surface area contributed by atoms with Crippen molar-refractivity contribution in [3.05, 3.63) is 12.2 Å². The Bertz CT molecular complexity index is 2440. The summed E-state index contributed by atoms with van der Waals surface area (Å²) < 4.78 is 6.11. The van der Waals surface area contributed by atoms with Gasteiger partial charge < -0.3 is 65.4 Å². The summed E-state index contributed by atoms with van der Waals surface area (Å²) in [6.45, 7) is 29.0. The molecule has 11 amide bonds. The molecule has 24 nitrogen and oxygen atoms in total. The summed E-state index contributed by atoms with van der Waals surface area (Å²) in [5.41, 5.74) is -1.02. The van der Waals surface area contributed by atoms with Crippen molar-refractivity contribution in [2.75, 3.05) is 68.1 Å². The van der Waals surface area contributed by atoms with E-state index in [9.17, 15) is 48.3 Å². The Morgan fingerprint density at radius 1 is 0.551 bits per heavy atom. The van der Waals surface area contributed by atoms with Crippen molar-refractivity contribution in [3.63, 3.8) is 0 Å². The van der Waals surface area contributed by atoms with Crippen LogP contribution in [0.3, 0.4) is 0 Å². The van der Waals surface area contributed by atoms with E-state index in [4.69, 9.17) is 4.74 Å². The van der Waals surface area contributed by atoms with Crippen molar-refractivity contribution in [1.82, 2.24) is 55.6 Å². The van der Waals surface area contributed by atoms with Crippen molar-refractivity contribution < 1.29 is 62.6 Å². The summed E-state index contributed by atoms with van der Waals surface area (Å²) >= 11 is 1.40. The first kappa shape index (κ1) is 81.2. The molecule has 12 atom stereocenters. The van der Waals surface area contributed by atoms with Gasteiger partial charge >= 0.3 is 0 Å². The van der Waals surface area contributed by atoms with E-state index in [0.717, 1.165) is 9.80 Å². The predicted molar refractivity (Wildman–Crippen MR) is 347 cm³/mol. The second-order valence-corrected chi connectivity index (χ2v) is 27.8. The summed E-state index contributed by atoms with van der Waals surface area (Å²) in [7, 11) is 9.86. The minimum absolute atomic E-state index is 0.00265. The predicted octanol–water partition coefficient (Wildman–Crippen LogP) is 3.73. The summed E-state index contributed by atoms with van der Waals surface area (Å²) in [6.07, 6.45) is 4.57. The van der Waals surface area contributed by atoms with Crippen LogP contribution in [0.25, 0.3) is 0 Å². The number of hydrogen-bond donors (Lipinski definition) is 5. The van der Waals surface area contributed by atoms with E-state index in [0.29, 0.717) is 6.42 Å². The first-order valence-electron chi connectivity index (χ1n) is 31.5. The number of aliphatic hydroxyl groups excluding tert-OH is 1. The molecule has 0 aromatic carbocycles. The molecule has 0 spiro atoms. The second-order valence-electron chi connectivity index (χ2n) is 27.0. The number of ether oxygens (including phenoxy) is 1. The van der Waals surface area contributed by atoms with Gasteiger partial charge in [0.15, 0.2) is 0 Å². The van der Waals surface area contributed by atoms with Gasteiger partial charge in [-0.1, -0.05) is 95.2 Å². The zero-order valence-corrected chi connectivity index (χ0v) is 59.3. The van der Waals surface area contributed by atoms with Crippen LogP contribution in [-0.4, -0.2) is 245 Å². The van der Waals surface area contributed by atoms with Crippen LogP contribution in [0.5, 0.6) is 0 Å². The number of rotatable bonds is 18. The molecule has 1 saturated heterocycles. The fourth-order valence-electron chi connectivity index (χ4n) is 10.9. The lowest BCUT2D eigenvalue weighted by atomic mass is 9.91. The molecule has 0 saturated carbocycles. The van der Waals surface area contributed by atoms with Crippen molar-refractivity contribution >= 4 is 76.7 Å². The summed E-state index contributed by atoms with van der Waals surface area (Å²) in [6, 6.07) is -12.7. The van der Waals surface area contributed by atoms with Crippen molar-refractivity contribution in [1.29, 1.82) is 0 Å². The van der Waals surface area contributed by atoms with Gasteiger partial charge in [-0.25, -0.2) is 0 Å². The zero-order chi connectivity index (χ0) is 69.0. The van der Waals surface area contributed by atoms with E-state index in [1.165, 1.54) is 99.4 Å². The molecule has 1 aliphatic heterocycles. The lowest BCUT2D eigenvalue weighted by Crippen LogP contribution is -2.63. The number of nitrogens with zero attached hydrogens (tertiary/aromatic N) is 7. The molecule has 1 fully saturated rings. The Balaban J connectivity index is 4.40. The van der Waals surface area contributed by atoms with Crippen LogP contribution in [0.4, 0.5) is 0 Å². The van der Waals surface area contributed by atoms with Crippen LogP contribution in [0.15, 0.2) is 12.2 Å². The van der Waals surface area contributed by atoms with Crippen LogP contribution in [0, 0.1) is 35.5 Å². The highest BCUT2D eigenvalue weighted by molar-refractivity contribution is 7.98. The number of allylic oxidation sites excluding steroid dienone is 2. The van der Waals surface area contributed by atoms with Crippen molar-refractivity contribution in [2.45, 2.75) is 228 Å². The number of amides is 11. The largest absolute Gasteiger partial charge is 0.390 e. The van der Waals surface area contributed by atoms with E-state index < -0.39 is 161 Å². The van der Waals surface area contributed by atoms with Gasteiger partial charge in [0.25, 0.3) is 0 Å². The first-order valence-corrected chi connectivity index (χ1v) is 32.9. The summed E-state index contributed by atoms with van der Waals surface area (Å²) in [5, 5.41) is 23.1. The number of carbonyl (C=O) groups is 11. The average Bonchev–Trinajstić information content (AvgIpc) is 3.31. The number of thioether (sulfide) groups is 1. The molecule has 0 aromatic rings. The van der Waals surface area contributed by atoms with Crippen molar-refractivity contribution in [2.24, 2.45) is 35.5 Å².